The number of fused-ring (bicyclic) bond motifs is 1. The lowest BCUT2D eigenvalue weighted by Gasteiger charge is -2.29. The van der Waals surface area contributed by atoms with Gasteiger partial charge in [0.25, 0.3) is 0 Å². The van der Waals surface area contributed by atoms with E-state index < -0.39 is 0 Å². The second-order valence-corrected chi connectivity index (χ2v) is 9.20. The second kappa shape index (κ2) is 9.27. The standard InChI is InChI=1S/C29H30N4O/c1-4-26(34)31-25-18-23(8-7-19(25)2)27-24-6-5-15-30-29(24)32-28(27)22-11-9-20(10-12-22)21-13-16-33(3)17-14-21/h4-12,15,18,21H,1,13-14,16-17H2,2-3H3,(H,30,32)(H,31,34). The first kappa shape index (κ1) is 22.1. The second-order valence-electron chi connectivity index (χ2n) is 9.20. The van der Waals surface area contributed by atoms with Gasteiger partial charge < -0.3 is 15.2 Å². The molecule has 0 bridgehead atoms. The van der Waals surface area contributed by atoms with E-state index in [4.69, 9.17) is 0 Å². The Bertz CT molecular complexity index is 1340. The molecule has 2 aromatic carbocycles. The minimum atomic E-state index is -0.217. The Morgan fingerprint density at radius 2 is 1.85 bits per heavy atom. The summed E-state index contributed by atoms with van der Waals surface area (Å²) in [6, 6.07) is 19.2. The fourth-order valence-corrected chi connectivity index (χ4v) is 4.90. The van der Waals surface area contributed by atoms with Gasteiger partial charge in [-0.3, -0.25) is 4.79 Å². The summed E-state index contributed by atoms with van der Waals surface area (Å²) in [4.78, 5) is 22.5. The number of H-pyrrole nitrogens is 1. The number of aromatic nitrogens is 2. The summed E-state index contributed by atoms with van der Waals surface area (Å²) in [6.07, 6.45) is 5.51. The number of hydrogen-bond donors (Lipinski definition) is 2. The molecule has 0 saturated carbocycles. The van der Waals surface area contributed by atoms with Gasteiger partial charge in [-0.05, 0) is 92.3 Å². The summed E-state index contributed by atoms with van der Waals surface area (Å²) in [5, 5.41) is 3.99. The highest BCUT2D eigenvalue weighted by Crippen LogP contribution is 2.39. The van der Waals surface area contributed by atoms with Gasteiger partial charge in [0, 0.05) is 22.8 Å². The van der Waals surface area contributed by atoms with E-state index in [1.54, 1.807) is 6.20 Å². The first-order chi connectivity index (χ1) is 16.5. The summed E-state index contributed by atoms with van der Waals surface area (Å²) in [5.74, 6) is 0.410. The quantitative estimate of drug-likeness (QED) is 0.359. The average molecular weight is 451 g/mol. The van der Waals surface area contributed by atoms with Crippen LogP contribution in [0.15, 0.2) is 73.4 Å². The lowest BCUT2D eigenvalue weighted by Crippen LogP contribution is -2.29. The Hall–Kier alpha value is -3.70. The Labute approximate surface area is 200 Å². The van der Waals surface area contributed by atoms with Gasteiger partial charge in [-0.1, -0.05) is 43.0 Å². The van der Waals surface area contributed by atoms with E-state index in [0.29, 0.717) is 5.92 Å². The van der Waals surface area contributed by atoms with Crippen LogP contribution in [0.25, 0.3) is 33.4 Å². The van der Waals surface area contributed by atoms with Gasteiger partial charge in [0.1, 0.15) is 5.65 Å². The van der Waals surface area contributed by atoms with Crippen LogP contribution in [0.5, 0.6) is 0 Å². The number of benzene rings is 2. The van der Waals surface area contributed by atoms with Crippen LogP contribution >= 0.6 is 0 Å². The number of carbonyl (C=O) groups is 1. The highest BCUT2D eigenvalue weighted by molar-refractivity contribution is 6.04. The van der Waals surface area contributed by atoms with Crippen LogP contribution < -0.4 is 5.32 Å². The Morgan fingerprint density at radius 3 is 2.59 bits per heavy atom. The number of rotatable bonds is 5. The molecular weight excluding hydrogens is 420 g/mol. The molecular formula is C29H30N4O. The van der Waals surface area contributed by atoms with Crippen LogP contribution in [-0.4, -0.2) is 40.9 Å². The van der Waals surface area contributed by atoms with Crippen molar-refractivity contribution in [2.75, 3.05) is 25.5 Å². The summed E-state index contributed by atoms with van der Waals surface area (Å²) in [7, 11) is 2.20. The van der Waals surface area contributed by atoms with E-state index in [2.05, 4.69) is 70.2 Å². The normalized spacial score (nSPS) is 14.9. The molecule has 1 fully saturated rings. The van der Waals surface area contributed by atoms with Crippen LogP contribution in [0.2, 0.25) is 0 Å². The molecule has 34 heavy (non-hydrogen) atoms. The van der Waals surface area contributed by atoms with Gasteiger partial charge in [-0.2, -0.15) is 0 Å². The number of anilines is 1. The number of hydrogen-bond acceptors (Lipinski definition) is 3. The Kier molecular flexibility index (Phi) is 6.03. The van der Waals surface area contributed by atoms with Crippen molar-refractivity contribution >= 4 is 22.6 Å². The minimum Gasteiger partial charge on any atom is -0.339 e. The predicted octanol–water partition coefficient (Wildman–Crippen LogP) is 6.14. The molecule has 1 saturated heterocycles. The van der Waals surface area contributed by atoms with Gasteiger partial charge in [0.2, 0.25) is 5.91 Å². The van der Waals surface area contributed by atoms with Crippen molar-refractivity contribution < 1.29 is 4.79 Å². The number of pyridine rings is 1. The lowest BCUT2D eigenvalue weighted by atomic mass is 9.88. The van der Waals surface area contributed by atoms with Crippen LogP contribution in [0.3, 0.4) is 0 Å². The molecule has 5 nitrogen and oxygen atoms in total. The zero-order valence-electron chi connectivity index (χ0n) is 19.8. The molecule has 0 aliphatic carbocycles. The van der Waals surface area contributed by atoms with E-state index in [0.717, 1.165) is 57.8 Å². The van der Waals surface area contributed by atoms with Crippen molar-refractivity contribution in [1.82, 2.24) is 14.9 Å². The average Bonchev–Trinajstić information content (AvgIpc) is 3.25. The zero-order chi connectivity index (χ0) is 23.7. The number of amides is 1. The molecule has 1 aliphatic rings. The number of carbonyl (C=O) groups excluding carboxylic acids is 1. The minimum absolute atomic E-state index is 0.217. The summed E-state index contributed by atoms with van der Waals surface area (Å²) < 4.78 is 0. The van der Waals surface area contributed by atoms with E-state index in [1.807, 2.05) is 25.1 Å². The van der Waals surface area contributed by atoms with Crippen molar-refractivity contribution in [2.24, 2.45) is 0 Å². The number of piperidine rings is 1. The van der Waals surface area contributed by atoms with Gasteiger partial charge in [-0.25, -0.2) is 4.98 Å². The maximum absolute atomic E-state index is 12.0. The molecule has 0 radical (unpaired) electrons. The van der Waals surface area contributed by atoms with Crippen LogP contribution in [0.1, 0.15) is 29.9 Å². The van der Waals surface area contributed by atoms with E-state index in [1.165, 1.54) is 24.5 Å². The SMILES string of the molecule is C=CC(=O)Nc1cc(-c2c(-c3ccc(C4CCN(C)CC4)cc3)[nH]c3ncccc23)ccc1C. The molecule has 1 amide bonds. The molecule has 0 spiro atoms. The molecule has 172 valence electrons. The molecule has 0 atom stereocenters. The van der Waals surface area contributed by atoms with E-state index in [-0.39, 0.29) is 5.91 Å². The smallest absolute Gasteiger partial charge is 0.247 e. The summed E-state index contributed by atoms with van der Waals surface area (Å²) in [6.45, 7) is 7.87. The molecule has 0 unspecified atom stereocenters. The molecule has 2 N–H and O–H groups in total. The van der Waals surface area contributed by atoms with Gasteiger partial charge >= 0.3 is 0 Å². The van der Waals surface area contributed by atoms with Gasteiger partial charge in [0.15, 0.2) is 0 Å². The Morgan fingerprint density at radius 1 is 1.12 bits per heavy atom. The third-order valence-corrected chi connectivity index (χ3v) is 6.93. The summed E-state index contributed by atoms with van der Waals surface area (Å²) in [5.41, 5.74) is 8.32. The third kappa shape index (κ3) is 4.27. The maximum Gasteiger partial charge on any atom is 0.247 e. The fourth-order valence-electron chi connectivity index (χ4n) is 4.90. The van der Waals surface area contributed by atoms with Crippen LogP contribution in [0, 0.1) is 6.92 Å². The van der Waals surface area contributed by atoms with E-state index >= 15 is 0 Å². The number of nitrogens with zero attached hydrogens (tertiary/aromatic N) is 2. The number of aromatic amines is 1. The van der Waals surface area contributed by atoms with E-state index in [9.17, 15) is 4.79 Å². The lowest BCUT2D eigenvalue weighted by molar-refractivity contribution is -0.111. The monoisotopic (exact) mass is 450 g/mol. The first-order valence-electron chi connectivity index (χ1n) is 11.8. The number of aryl methyl sites for hydroxylation is 1. The highest BCUT2D eigenvalue weighted by Gasteiger charge is 2.20. The predicted molar refractivity (Wildman–Crippen MR) is 140 cm³/mol. The first-order valence-corrected chi connectivity index (χ1v) is 11.8. The summed E-state index contributed by atoms with van der Waals surface area (Å²) >= 11 is 0. The van der Waals surface area contributed by atoms with Crippen molar-refractivity contribution in [3.05, 3.63) is 84.6 Å². The van der Waals surface area contributed by atoms with Crippen molar-refractivity contribution in [2.45, 2.75) is 25.7 Å². The van der Waals surface area contributed by atoms with Crippen LogP contribution in [-0.2, 0) is 4.79 Å². The third-order valence-electron chi connectivity index (χ3n) is 6.93. The zero-order valence-corrected chi connectivity index (χ0v) is 19.8. The van der Waals surface area contributed by atoms with Crippen LogP contribution in [0.4, 0.5) is 5.69 Å². The molecule has 5 rings (SSSR count). The van der Waals surface area contributed by atoms with Crippen molar-refractivity contribution in [1.29, 1.82) is 0 Å². The fraction of sp³-hybridized carbons (Fsp3) is 0.241. The molecule has 3 heterocycles. The maximum atomic E-state index is 12.0. The molecule has 4 aromatic rings. The molecule has 5 heteroatoms. The Balaban J connectivity index is 1.57. The number of likely N-dealkylation sites (tertiary alicyclic amines) is 1. The van der Waals surface area contributed by atoms with Gasteiger partial charge in [0.05, 0.1) is 5.69 Å². The largest absolute Gasteiger partial charge is 0.339 e. The number of nitrogens with one attached hydrogen (secondary N) is 2. The van der Waals surface area contributed by atoms with Crippen molar-refractivity contribution in [3.8, 4) is 22.4 Å². The molecule has 1 aliphatic heterocycles. The topological polar surface area (TPSA) is 61.0 Å². The highest BCUT2D eigenvalue weighted by atomic mass is 16.1. The van der Waals surface area contributed by atoms with Gasteiger partial charge in [-0.15, -0.1) is 0 Å². The molecule has 2 aromatic heterocycles. The van der Waals surface area contributed by atoms with Crippen molar-refractivity contribution in [3.63, 3.8) is 0 Å².